The molecule has 1 amide bonds. The zero-order valence-electron chi connectivity index (χ0n) is 14.6. The van der Waals surface area contributed by atoms with Crippen LogP contribution in [0.2, 0.25) is 0 Å². The van der Waals surface area contributed by atoms with Crippen molar-refractivity contribution in [3.8, 4) is 0 Å². The van der Waals surface area contributed by atoms with E-state index < -0.39 is 12.0 Å². The SMILES string of the molecule is Cc1ccc(CNC(=O)c2nnc(CN3CCCCC3C(=O)O)s2)cc1. The van der Waals surface area contributed by atoms with E-state index in [0.717, 1.165) is 24.9 Å². The third kappa shape index (κ3) is 4.64. The van der Waals surface area contributed by atoms with Crippen molar-refractivity contribution >= 4 is 23.2 Å². The smallest absolute Gasteiger partial charge is 0.320 e. The summed E-state index contributed by atoms with van der Waals surface area (Å²) >= 11 is 1.22. The number of likely N-dealkylation sites (tertiary alicyclic amines) is 1. The monoisotopic (exact) mass is 374 g/mol. The number of aryl methyl sites for hydroxylation is 1. The molecule has 2 N–H and O–H groups in total. The van der Waals surface area contributed by atoms with Gasteiger partial charge in [-0.25, -0.2) is 0 Å². The first kappa shape index (κ1) is 18.5. The molecule has 0 saturated carbocycles. The number of piperidine rings is 1. The number of rotatable bonds is 6. The van der Waals surface area contributed by atoms with Crippen LogP contribution in [0.1, 0.15) is 45.2 Å². The van der Waals surface area contributed by atoms with Gasteiger partial charge in [-0.15, -0.1) is 10.2 Å². The summed E-state index contributed by atoms with van der Waals surface area (Å²) in [6.07, 6.45) is 2.56. The van der Waals surface area contributed by atoms with Crippen LogP contribution in [0.4, 0.5) is 0 Å². The topological polar surface area (TPSA) is 95.4 Å². The zero-order chi connectivity index (χ0) is 18.5. The quantitative estimate of drug-likeness (QED) is 0.805. The van der Waals surface area contributed by atoms with E-state index in [2.05, 4.69) is 15.5 Å². The van der Waals surface area contributed by atoms with Crippen LogP contribution in [0.5, 0.6) is 0 Å². The van der Waals surface area contributed by atoms with E-state index in [-0.39, 0.29) is 5.91 Å². The maximum atomic E-state index is 12.3. The van der Waals surface area contributed by atoms with Crippen molar-refractivity contribution in [1.82, 2.24) is 20.4 Å². The maximum absolute atomic E-state index is 12.3. The summed E-state index contributed by atoms with van der Waals surface area (Å²) in [6.45, 7) is 3.59. The zero-order valence-corrected chi connectivity index (χ0v) is 15.5. The van der Waals surface area contributed by atoms with Crippen LogP contribution in [-0.4, -0.2) is 44.7 Å². The molecule has 0 spiro atoms. The van der Waals surface area contributed by atoms with E-state index in [1.54, 1.807) is 0 Å². The van der Waals surface area contributed by atoms with E-state index in [9.17, 15) is 14.7 Å². The number of nitrogens with zero attached hydrogens (tertiary/aromatic N) is 3. The predicted molar refractivity (Wildman–Crippen MR) is 97.9 cm³/mol. The molecule has 0 radical (unpaired) electrons. The van der Waals surface area contributed by atoms with E-state index in [0.29, 0.717) is 29.5 Å². The summed E-state index contributed by atoms with van der Waals surface area (Å²) in [5.41, 5.74) is 2.19. The number of carbonyl (C=O) groups excluding carboxylic acids is 1. The van der Waals surface area contributed by atoms with Crippen molar-refractivity contribution in [3.05, 3.63) is 45.4 Å². The molecule has 1 aromatic heterocycles. The average Bonchev–Trinajstić information content (AvgIpc) is 3.10. The number of carboxylic acid groups (broad SMARTS) is 1. The van der Waals surface area contributed by atoms with E-state index in [4.69, 9.17) is 0 Å². The fourth-order valence-corrected chi connectivity index (χ4v) is 3.79. The van der Waals surface area contributed by atoms with Crippen LogP contribution in [-0.2, 0) is 17.9 Å². The summed E-state index contributed by atoms with van der Waals surface area (Å²) in [5.74, 6) is -1.06. The molecule has 2 aromatic rings. The van der Waals surface area contributed by atoms with Crippen LogP contribution in [0.25, 0.3) is 0 Å². The molecule has 26 heavy (non-hydrogen) atoms. The highest BCUT2D eigenvalue weighted by atomic mass is 32.1. The number of aromatic nitrogens is 2. The fraction of sp³-hybridized carbons (Fsp3) is 0.444. The number of aliphatic carboxylic acids is 1. The van der Waals surface area contributed by atoms with Gasteiger partial charge < -0.3 is 10.4 Å². The van der Waals surface area contributed by atoms with E-state index in [1.807, 2.05) is 36.1 Å². The van der Waals surface area contributed by atoms with Gasteiger partial charge in [0.05, 0.1) is 6.54 Å². The largest absolute Gasteiger partial charge is 0.480 e. The van der Waals surface area contributed by atoms with Gasteiger partial charge in [-0.2, -0.15) is 0 Å². The molecular weight excluding hydrogens is 352 g/mol. The molecule has 1 aliphatic rings. The van der Waals surface area contributed by atoms with Gasteiger partial charge in [-0.05, 0) is 31.9 Å². The van der Waals surface area contributed by atoms with E-state index in [1.165, 1.54) is 16.9 Å². The lowest BCUT2D eigenvalue weighted by Crippen LogP contribution is -2.43. The summed E-state index contributed by atoms with van der Waals surface area (Å²) in [6, 6.07) is 7.48. The molecule has 1 unspecified atom stereocenters. The minimum atomic E-state index is -0.801. The highest BCUT2D eigenvalue weighted by molar-refractivity contribution is 7.13. The lowest BCUT2D eigenvalue weighted by atomic mass is 10.0. The molecule has 1 saturated heterocycles. The van der Waals surface area contributed by atoms with Gasteiger partial charge in [-0.1, -0.05) is 47.6 Å². The van der Waals surface area contributed by atoms with E-state index >= 15 is 0 Å². The Morgan fingerprint density at radius 3 is 2.77 bits per heavy atom. The summed E-state index contributed by atoms with van der Waals surface area (Å²) < 4.78 is 0. The Bertz CT molecular complexity index is 775. The standard InChI is InChI=1S/C18H22N4O3S/c1-12-5-7-13(8-6-12)10-19-16(23)17-21-20-15(26-17)11-22-9-3-2-4-14(22)18(24)25/h5-8,14H,2-4,9-11H2,1H3,(H,19,23)(H,24,25). The Morgan fingerprint density at radius 2 is 2.04 bits per heavy atom. The van der Waals surface area contributed by atoms with Crippen LogP contribution >= 0.6 is 11.3 Å². The lowest BCUT2D eigenvalue weighted by molar-refractivity contribution is -0.144. The first-order valence-corrected chi connectivity index (χ1v) is 9.47. The van der Waals surface area contributed by atoms with Crippen LogP contribution in [0.3, 0.4) is 0 Å². The van der Waals surface area contributed by atoms with Gasteiger partial charge in [0.15, 0.2) is 0 Å². The molecule has 2 heterocycles. The number of nitrogens with one attached hydrogen (secondary N) is 1. The average molecular weight is 374 g/mol. The number of carboxylic acids is 1. The molecule has 1 atom stereocenters. The Labute approximate surface area is 156 Å². The number of hydrogen-bond acceptors (Lipinski definition) is 6. The number of benzene rings is 1. The van der Waals surface area contributed by atoms with Gasteiger partial charge in [0.2, 0.25) is 5.01 Å². The Balaban J connectivity index is 1.57. The fourth-order valence-electron chi connectivity index (χ4n) is 3.01. The van der Waals surface area contributed by atoms with Crippen LogP contribution < -0.4 is 5.32 Å². The molecule has 0 bridgehead atoms. The third-order valence-electron chi connectivity index (χ3n) is 4.47. The van der Waals surface area contributed by atoms with Crippen molar-refractivity contribution in [2.75, 3.05) is 6.54 Å². The minimum absolute atomic E-state index is 0.261. The van der Waals surface area contributed by atoms with Crippen molar-refractivity contribution < 1.29 is 14.7 Å². The highest BCUT2D eigenvalue weighted by Gasteiger charge is 2.29. The summed E-state index contributed by atoms with van der Waals surface area (Å²) in [7, 11) is 0. The lowest BCUT2D eigenvalue weighted by Gasteiger charge is -2.31. The van der Waals surface area contributed by atoms with Crippen LogP contribution in [0.15, 0.2) is 24.3 Å². The first-order chi connectivity index (χ1) is 12.5. The molecular formula is C18H22N4O3S. The normalized spacial score (nSPS) is 17.8. The summed E-state index contributed by atoms with van der Waals surface area (Å²) in [5, 5.41) is 21.2. The minimum Gasteiger partial charge on any atom is -0.480 e. The molecule has 8 heteroatoms. The molecule has 138 valence electrons. The second-order valence-electron chi connectivity index (χ2n) is 6.49. The molecule has 0 aliphatic carbocycles. The Morgan fingerprint density at radius 1 is 1.27 bits per heavy atom. The van der Waals surface area contributed by atoms with Gasteiger partial charge in [0.25, 0.3) is 5.91 Å². The van der Waals surface area contributed by atoms with Gasteiger partial charge in [-0.3, -0.25) is 14.5 Å². The predicted octanol–water partition coefficient (Wildman–Crippen LogP) is 2.22. The molecule has 7 nitrogen and oxygen atoms in total. The molecule has 1 fully saturated rings. The van der Waals surface area contributed by atoms with Crippen molar-refractivity contribution in [2.24, 2.45) is 0 Å². The molecule has 1 aromatic carbocycles. The first-order valence-electron chi connectivity index (χ1n) is 8.66. The number of hydrogen-bond donors (Lipinski definition) is 2. The second kappa shape index (κ2) is 8.37. The Hall–Kier alpha value is -2.32. The third-order valence-corrected chi connectivity index (χ3v) is 5.38. The van der Waals surface area contributed by atoms with Crippen molar-refractivity contribution in [3.63, 3.8) is 0 Å². The van der Waals surface area contributed by atoms with Crippen molar-refractivity contribution in [2.45, 2.75) is 45.3 Å². The summed E-state index contributed by atoms with van der Waals surface area (Å²) in [4.78, 5) is 25.5. The van der Waals surface area contributed by atoms with Gasteiger partial charge in [0.1, 0.15) is 11.0 Å². The second-order valence-corrected chi connectivity index (χ2v) is 7.55. The van der Waals surface area contributed by atoms with Gasteiger partial charge >= 0.3 is 5.97 Å². The number of amides is 1. The number of carbonyl (C=O) groups is 2. The van der Waals surface area contributed by atoms with Crippen molar-refractivity contribution in [1.29, 1.82) is 0 Å². The van der Waals surface area contributed by atoms with Crippen LogP contribution in [0, 0.1) is 6.92 Å². The molecule has 3 rings (SSSR count). The van der Waals surface area contributed by atoms with Gasteiger partial charge in [0, 0.05) is 6.54 Å². The maximum Gasteiger partial charge on any atom is 0.320 e. The highest BCUT2D eigenvalue weighted by Crippen LogP contribution is 2.21. The molecule has 1 aliphatic heterocycles. The Kier molecular flexibility index (Phi) is 5.95.